The summed E-state index contributed by atoms with van der Waals surface area (Å²) in [6.07, 6.45) is 9.64. The molecule has 0 saturated carbocycles. The molecular weight excluding hydrogens is 304 g/mol. The molecule has 0 saturated heterocycles. The van der Waals surface area contributed by atoms with Crippen LogP contribution in [0.1, 0.15) is 42.5 Å². The lowest BCUT2D eigenvalue weighted by atomic mass is 9.97. The van der Waals surface area contributed by atoms with Gasteiger partial charge in [-0.05, 0) is 50.3 Å². The van der Waals surface area contributed by atoms with Gasteiger partial charge in [-0.1, -0.05) is 17.7 Å². The molecule has 0 fully saturated rings. The third-order valence-corrected chi connectivity index (χ3v) is 4.36. The first kappa shape index (κ1) is 16.3. The number of oxazole rings is 1. The molecule has 0 bridgehead atoms. The van der Waals surface area contributed by atoms with Crippen molar-refractivity contribution in [3.63, 3.8) is 0 Å². The van der Waals surface area contributed by atoms with Gasteiger partial charge < -0.3 is 9.73 Å². The van der Waals surface area contributed by atoms with Crippen LogP contribution in [0.2, 0.25) is 0 Å². The smallest absolute Gasteiger partial charge is 0.408 e. The van der Waals surface area contributed by atoms with Crippen molar-refractivity contribution in [2.24, 2.45) is 0 Å². The van der Waals surface area contributed by atoms with Gasteiger partial charge in [-0.15, -0.1) is 6.58 Å². The largest absolute Gasteiger partial charge is 0.420 e. The molecule has 24 heavy (non-hydrogen) atoms. The van der Waals surface area contributed by atoms with Gasteiger partial charge in [0.2, 0.25) is 0 Å². The van der Waals surface area contributed by atoms with Gasteiger partial charge in [0.05, 0.1) is 5.52 Å². The van der Waals surface area contributed by atoms with Crippen LogP contribution in [-0.4, -0.2) is 17.0 Å². The standard InChI is InChI=1S/C19H22N2O3/c1-2-12-21-16-13-15(8-9-17(16)24-19(21)23)18(22)20-11-10-14-6-4-3-5-7-14/h2,6,8-9,13H,1,3-5,7,10-12H2,(H,20,22). The van der Waals surface area contributed by atoms with Crippen LogP contribution in [0.25, 0.3) is 11.1 Å². The van der Waals surface area contributed by atoms with E-state index in [4.69, 9.17) is 4.42 Å². The lowest BCUT2D eigenvalue weighted by Crippen LogP contribution is -2.25. The number of carbonyl (C=O) groups is 1. The number of rotatable bonds is 6. The summed E-state index contributed by atoms with van der Waals surface area (Å²) < 4.78 is 6.63. The van der Waals surface area contributed by atoms with Crippen LogP contribution in [0, 0.1) is 0 Å². The molecule has 5 nitrogen and oxygen atoms in total. The maximum absolute atomic E-state index is 12.3. The molecule has 0 radical (unpaired) electrons. The average Bonchev–Trinajstić information content (AvgIpc) is 2.91. The number of nitrogens with one attached hydrogen (secondary N) is 1. The van der Waals surface area contributed by atoms with Gasteiger partial charge in [-0.25, -0.2) is 4.79 Å². The first-order chi connectivity index (χ1) is 11.7. The first-order valence-electron chi connectivity index (χ1n) is 8.39. The molecule has 1 aliphatic carbocycles. The number of amides is 1. The molecule has 0 aliphatic heterocycles. The average molecular weight is 326 g/mol. The second-order valence-electron chi connectivity index (χ2n) is 6.06. The van der Waals surface area contributed by atoms with Crippen LogP contribution in [0.5, 0.6) is 0 Å². The highest BCUT2D eigenvalue weighted by Gasteiger charge is 2.12. The van der Waals surface area contributed by atoms with Gasteiger partial charge in [0.25, 0.3) is 5.91 Å². The number of nitrogens with zero attached hydrogens (tertiary/aromatic N) is 1. The van der Waals surface area contributed by atoms with Crippen molar-refractivity contribution in [1.29, 1.82) is 0 Å². The van der Waals surface area contributed by atoms with Crippen molar-refractivity contribution >= 4 is 17.0 Å². The molecule has 126 valence electrons. The Bertz CT molecular complexity index is 842. The van der Waals surface area contributed by atoms with E-state index in [1.807, 2.05) is 0 Å². The highest BCUT2D eigenvalue weighted by Crippen LogP contribution is 2.19. The van der Waals surface area contributed by atoms with E-state index in [9.17, 15) is 9.59 Å². The van der Waals surface area contributed by atoms with E-state index in [-0.39, 0.29) is 5.91 Å². The van der Waals surface area contributed by atoms with Crippen LogP contribution in [0.15, 0.2) is 51.7 Å². The van der Waals surface area contributed by atoms with Crippen molar-refractivity contribution in [3.05, 3.63) is 58.6 Å². The zero-order valence-electron chi connectivity index (χ0n) is 13.7. The minimum absolute atomic E-state index is 0.132. The summed E-state index contributed by atoms with van der Waals surface area (Å²) >= 11 is 0. The van der Waals surface area contributed by atoms with Crippen molar-refractivity contribution < 1.29 is 9.21 Å². The summed E-state index contributed by atoms with van der Waals surface area (Å²) in [6, 6.07) is 5.03. The highest BCUT2D eigenvalue weighted by atomic mass is 16.4. The number of carbonyl (C=O) groups excluding carboxylic acids is 1. The quantitative estimate of drug-likeness (QED) is 0.828. The molecule has 1 aromatic heterocycles. The lowest BCUT2D eigenvalue weighted by Gasteiger charge is -2.13. The lowest BCUT2D eigenvalue weighted by molar-refractivity contribution is 0.0954. The molecule has 3 rings (SSSR count). The maximum Gasteiger partial charge on any atom is 0.420 e. The van der Waals surface area contributed by atoms with Crippen molar-refractivity contribution in [2.75, 3.05) is 6.54 Å². The topological polar surface area (TPSA) is 64.2 Å². The second kappa shape index (κ2) is 7.34. The number of hydrogen-bond donors (Lipinski definition) is 1. The third-order valence-electron chi connectivity index (χ3n) is 4.36. The minimum Gasteiger partial charge on any atom is -0.408 e. The first-order valence-corrected chi connectivity index (χ1v) is 8.39. The minimum atomic E-state index is -0.438. The second-order valence-corrected chi connectivity index (χ2v) is 6.06. The van der Waals surface area contributed by atoms with E-state index < -0.39 is 5.76 Å². The van der Waals surface area contributed by atoms with Gasteiger partial charge in [0.1, 0.15) is 0 Å². The number of aromatic nitrogens is 1. The number of allylic oxidation sites excluding steroid dienone is 2. The molecule has 2 aromatic rings. The van der Waals surface area contributed by atoms with E-state index in [2.05, 4.69) is 18.0 Å². The fraction of sp³-hybridized carbons (Fsp3) is 0.368. The van der Waals surface area contributed by atoms with Crippen molar-refractivity contribution in [1.82, 2.24) is 9.88 Å². The molecule has 0 atom stereocenters. The predicted octanol–water partition coefficient (Wildman–Crippen LogP) is 3.40. The summed E-state index contributed by atoms with van der Waals surface area (Å²) in [5.41, 5.74) is 3.05. The van der Waals surface area contributed by atoms with Crippen LogP contribution in [-0.2, 0) is 6.54 Å². The molecule has 0 spiro atoms. The molecule has 1 N–H and O–H groups in total. The van der Waals surface area contributed by atoms with Crippen molar-refractivity contribution in [3.8, 4) is 0 Å². The van der Waals surface area contributed by atoms with E-state index >= 15 is 0 Å². The Labute approximate surface area is 140 Å². The van der Waals surface area contributed by atoms with Crippen molar-refractivity contribution in [2.45, 2.75) is 38.6 Å². The Morgan fingerprint density at radius 2 is 2.25 bits per heavy atom. The maximum atomic E-state index is 12.3. The molecule has 0 unspecified atom stereocenters. The Hall–Kier alpha value is -2.56. The van der Waals surface area contributed by atoms with Gasteiger partial charge in [-0.2, -0.15) is 0 Å². The van der Waals surface area contributed by atoms with Crippen LogP contribution in [0.4, 0.5) is 0 Å². The molecule has 1 heterocycles. The Kier molecular flexibility index (Phi) is 4.99. The van der Waals surface area contributed by atoms with E-state index in [0.717, 1.165) is 19.3 Å². The predicted molar refractivity (Wildman–Crippen MR) is 94.2 cm³/mol. The summed E-state index contributed by atoms with van der Waals surface area (Å²) in [4.78, 5) is 24.1. The number of benzene rings is 1. The van der Waals surface area contributed by atoms with Crippen LogP contribution in [0.3, 0.4) is 0 Å². The summed E-state index contributed by atoms with van der Waals surface area (Å²) in [5.74, 6) is -0.571. The molecule has 1 aromatic carbocycles. The molecule has 1 amide bonds. The summed E-state index contributed by atoms with van der Waals surface area (Å²) in [5, 5.41) is 2.95. The van der Waals surface area contributed by atoms with E-state index in [1.54, 1.807) is 24.3 Å². The Balaban J connectivity index is 1.70. The fourth-order valence-electron chi connectivity index (χ4n) is 3.08. The Morgan fingerprint density at radius 3 is 3.00 bits per heavy atom. The monoisotopic (exact) mass is 326 g/mol. The summed E-state index contributed by atoms with van der Waals surface area (Å²) in [7, 11) is 0. The number of fused-ring (bicyclic) bond motifs is 1. The normalized spacial score (nSPS) is 14.4. The molecular formula is C19H22N2O3. The van der Waals surface area contributed by atoms with Gasteiger partial charge in [0, 0.05) is 18.7 Å². The van der Waals surface area contributed by atoms with Gasteiger partial charge in [0.15, 0.2) is 5.58 Å². The van der Waals surface area contributed by atoms with E-state index in [0.29, 0.717) is 29.8 Å². The Morgan fingerprint density at radius 1 is 1.38 bits per heavy atom. The fourth-order valence-corrected chi connectivity index (χ4v) is 3.08. The summed E-state index contributed by atoms with van der Waals surface area (Å²) in [6.45, 7) is 4.62. The van der Waals surface area contributed by atoms with E-state index in [1.165, 1.54) is 23.0 Å². The van der Waals surface area contributed by atoms with Crippen LogP contribution < -0.4 is 11.1 Å². The molecule has 1 aliphatic rings. The zero-order valence-corrected chi connectivity index (χ0v) is 13.7. The molecule has 5 heteroatoms. The SMILES string of the molecule is C=CCn1c(=O)oc2ccc(C(=O)NCCC3=CCCCC3)cc21. The van der Waals surface area contributed by atoms with Crippen LogP contribution >= 0.6 is 0 Å². The third kappa shape index (κ3) is 3.50. The number of hydrogen-bond acceptors (Lipinski definition) is 3. The van der Waals surface area contributed by atoms with Gasteiger partial charge in [-0.3, -0.25) is 9.36 Å². The highest BCUT2D eigenvalue weighted by molar-refractivity contribution is 5.97. The van der Waals surface area contributed by atoms with Gasteiger partial charge >= 0.3 is 5.76 Å². The zero-order chi connectivity index (χ0) is 16.9.